The van der Waals surface area contributed by atoms with Gasteiger partial charge in [0.1, 0.15) is 5.82 Å². The zero-order valence-corrected chi connectivity index (χ0v) is 20.8. The Morgan fingerprint density at radius 2 is 1.71 bits per heavy atom. The van der Waals surface area contributed by atoms with E-state index in [2.05, 4.69) is 22.2 Å². The number of amides is 1. The number of aromatic nitrogens is 2. The maximum Gasteiger partial charge on any atom is 0.219 e. The van der Waals surface area contributed by atoms with Gasteiger partial charge >= 0.3 is 0 Å². The van der Waals surface area contributed by atoms with Crippen LogP contribution in [0, 0.1) is 4.91 Å². The first-order chi connectivity index (χ1) is 16.7. The lowest BCUT2D eigenvalue weighted by Gasteiger charge is -2.36. The van der Waals surface area contributed by atoms with Crippen molar-refractivity contribution >= 4 is 28.4 Å². The summed E-state index contributed by atoms with van der Waals surface area (Å²) in [5, 5.41) is 3.20. The van der Waals surface area contributed by atoms with Crippen molar-refractivity contribution in [3.63, 3.8) is 0 Å². The summed E-state index contributed by atoms with van der Waals surface area (Å²) in [6, 6.07) is 13.6. The molecule has 4 rings (SSSR count). The third-order valence-corrected chi connectivity index (χ3v) is 6.75. The number of hydrogen-bond acceptors (Lipinski definition) is 7. The van der Waals surface area contributed by atoms with Gasteiger partial charge in [-0.05, 0) is 62.3 Å². The van der Waals surface area contributed by atoms with Crippen molar-refractivity contribution in [2.75, 3.05) is 38.2 Å². The number of methoxy groups -OCH3 is 1. The van der Waals surface area contributed by atoms with Gasteiger partial charge < -0.3 is 14.5 Å². The number of carbonyl (C=O) groups excluding carboxylic acids is 2. The van der Waals surface area contributed by atoms with Gasteiger partial charge in [0.05, 0.1) is 16.4 Å². The van der Waals surface area contributed by atoms with E-state index in [1.165, 1.54) is 14.0 Å². The van der Waals surface area contributed by atoms with Gasteiger partial charge in [0, 0.05) is 57.2 Å². The van der Waals surface area contributed by atoms with Crippen molar-refractivity contribution < 1.29 is 14.3 Å². The van der Waals surface area contributed by atoms with Crippen LogP contribution in [0.4, 0.5) is 5.69 Å². The molecular formula is C26H31N5O4. The van der Waals surface area contributed by atoms with E-state index in [9.17, 15) is 14.5 Å². The second kappa shape index (κ2) is 9.58. The number of nitroso groups, excluding NO2 is 1. The molecule has 35 heavy (non-hydrogen) atoms. The Morgan fingerprint density at radius 3 is 2.31 bits per heavy atom. The first kappa shape index (κ1) is 24.5. The highest BCUT2D eigenvalue weighted by Gasteiger charge is 2.38. The van der Waals surface area contributed by atoms with Crippen molar-refractivity contribution in [1.82, 2.24) is 14.5 Å². The molecule has 3 aromatic rings. The minimum atomic E-state index is -0.951. The predicted octanol–water partition coefficient (Wildman–Crippen LogP) is 3.91. The third-order valence-electron chi connectivity index (χ3n) is 6.75. The molecule has 1 atom stereocenters. The molecule has 0 bridgehead atoms. The van der Waals surface area contributed by atoms with Crippen LogP contribution in [0.15, 0.2) is 47.6 Å². The molecule has 0 N–H and O–H groups in total. The van der Waals surface area contributed by atoms with E-state index in [4.69, 9.17) is 9.72 Å². The van der Waals surface area contributed by atoms with Crippen LogP contribution in [0.3, 0.4) is 0 Å². The second-order valence-corrected chi connectivity index (χ2v) is 9.46. The quantitative estimate of drug-likeness (QED) is 0.378. The van der Waals surface area contributed by atoms with Gasteiger partial charge in [0.2, 0.25) is 12.1 Å². The molecule has 0 saturated carbocycles. The zero-order chi connectivity index (χ0) is 25.3. The van der Waals surface area contributed by atoms with Crippen LogP contribution >= 0.6 is 0 Å². The van der Waals surface area contributed by atoms with Gasteiger partial charge in [-0.15, -0.1) is 4.91 Å². The number of imidazole rings is 1. The predicted molar refractivity (Wildman–Crippen MR) is 135 cm³/mol. The third kappa shape index (κ3) is 4.55. The van der Waals surface area contributed by atoms with Gasteiger partial charge in [-0.1, -0.05) is 6.07 Å². The Bertz CT molecular complexity index is 1270. The van der Waals surface area contributed by atoms with Gasteiger partial charge in [-0.2, -0.15) is 0 Å². The Morgan fingerprint density at radius 1 is 1.03 bits per heavy atom. The van der Waals surface area contributed by atoms with Crippen LogP contribution in [0.1, 0.15) is 43.9 Å². The molecule has 9 nitrogen and oxygen atoms in total. The molecule has 1 fully saturated rings. The van der Waals surface area contributed by atoms with E-state index in [-0.39, 0.29) is 11.7 Å². The number of ketones is 1. The number of Topliss-reactive ketones (excluding diaryl/α,β-unsaturated/α-hetero) is 1. The SMILES string of the molecule is COC(N=O)C(C)(C)c1nc2cc(C(C)=O)ccc2n1-c1cccc(N2CCN(C(C)=O)CC2)c1. The maximum atomic E-state index is 12.0. The molecule has 2 heterocycles. The van der Waals surface area contributed by atoms with Crippen molar-refractivity contribution in [3.05, 3.63) is 58.8 Å². The van der Waals surface area contributed by atoms with Crippen molar-refractivity contribution in [2.24, 2.45) is 5.18 Å². The molecule has 1 saturated heterocycles. The molecule has 0 spiro atoms. The molecule has 1 unspecified atom stereocenters. The number of ether oxygens (including phenoxy) is 1. The number of hydrogen-bond donors (Lipinski definition) is 0. The Kier molecular flexibility index (Phi) is 6.71. The van der Waals surface area contributed by atoms with E-state index < -0.39 is 11.6 Å². The highest BCUT2D eigenvalue weighted by molar-refractivity contribution is 5.97. The summed E-state index contributed by atoms with van der Waals surface area (Å²) in [6.07, 6.45) is -0.951. The van der Waals surface area contributed by atoms with Crippen molar-refractivity contribution in [1.29, 1.82) is 0 Å². The second-order valence-electron chi connectivity index (χ2n) is 9.46. The van der Waals surface area contributed by atoms with Crippen LogP contribution in [0.5, 0.6) is 0 Å². The smallest absolute Gasteiger partial charge is 0.219 e. The summed E-state index contributed by atoms with van der Waals surface area (Å²) in [5.74, 6) is 0.660. The lowest BCUT2D eigenvalue weighted by molar-refractivity contribution is -0.129. The number of rotatable bonds is 7. The van der Waals surface area contributed by atoms with E-state index >= 15 is 0 Å². The van der Waals surface area contributed by atoms with Crippen molar-refractivity contribution in [2.45, 2.75) is 39.3 Å². The molecule has 1 aliphatic rings. The van der Waals surface area contributed by atoms with E-state index in [1.54, 1.807) is 19.1 Å². The molecule has 184 valence electrons. The standard InChI is InChI=1S/C26H31N5O4/c1-17(32)19-9-10-23-22(15-19)27-24(26(3,4)25(28-34)35-5)31(23)21-8-6-7-20(16-21)30-13-11-29(12-14-30)18(2)33/h6-10,15-16,25H,11-14H2,1-5H3. The molecule has 9 heteroatoms. The molecule has 0 aliphatic carbocycles. The van der Waals surface area contributed by atoms with Crippen LogP contribution < -0.4 is 4.90 Å². The zero-order valence-electron chi connectivity index (χ0n) is 20.8. The molecule has 1 amide bonds. The normalized spacial score (nSPS) is 15.3. The summed E-state index contributed by atoms with van der Waals surface area (Å²) >= 11 is 0. The fourth-order valence-corrected chi connectivity index (χ4v) is 4.68. The first-order valence-electron chi connectivity index (χ1n) is 11.7. The average molecular weight is 478 g/mol. The number of piperazine rings is 1. The van der Waals surface area contributed by atoms with Crippen LogP contribution in [0.2, 0.25) is 0 Å². The molecule has 1 aliphatic heterocycles. The minimum Gasteiger partial charge on any atom is -0.368 e. The summed E-state index contributed by atoms with van der Waals surface area (Å²) < 4.78 is 7.39. The number of benzene rings is 2. The molecule has 1 aromatic heterocycles. The van der Waals surface area contributed by atoms with Crippen LogP contribution in [-0.4, -0.2) is 65.7 Å². The number of fused-ring (bicyclic) bond motifs is 1. The Labute approximate surface area is 204 Å². The molecular weight excluding hydrogens is 446 g/mol. The van der Waals surface area contributed by atoms with E-state index in [1.807, 2.05) is 41.5 Å². The van der Waals surface area contributed by atoms with Crippen molar-refractivity contribution in [3.8, 4) is 5.69 Å². The monoisotopic (exact) mass is 477 g/mol. The summed E-state index contributed by atoms with van der Waals surface area (Å²) in [7, 11) is 1.45. The Hall–Kier alpha value is -3.59. The van der Waals surface area contributed by atoms with Gasteiger partial charge in [0.25, 0.3) is 0 Å². The lowest BCUT2D eigenvalue weighted by atomic mass is 9.90. The highest BCUT2D eigenvalue weighted by atomic mass is 16.5. The molecule has 2 aromatic carbocycles. The summed E-state index contributed by atoms with van der Waals surface area (Å²) in [6.45, 7) is 9.72. The molecule has 0 radical (unpaired) electrons. The van der Waals surface area contributed by atoms with Gasteiger partial charge in [0.15, 0.2) is 5.78 Å². The number of carbonyl (C=O) groups is 2. The largest absolute Gasteiger partial charge is 0.368 e. The topological polar surface area (TPSA) is 97.1 Å². The van der Waals surface area contributed by atoms with Crippen LogP contribution in [-0.2, 0) is 14.9 Å². The highest BCUT2D eigenvalue weighted by Crippen LogP contribution is 2.35. The van der Waals surface area contributed by atoms with Gasteiger partial charge in [-0.3, -0.25) is 14.2 Å². The first-order valence-corrected chi connectivity index (χ1v) is 11.7. The fourth-order valence-electron chi connectivity index (χ4n) is 4.68. The number of nitrogens with zero attached hydrogens (tertiary/aromatic N) is 5. The fraction of sp³-hybridized carbons (Fsp3) is 0.423. The number of anilines is 1. The minimum absolute atomic E-state index is 0.0433. The van der Waals surface area contributed by atoms with Crippen LogP contribution in [0.25, 0.3) is 16.7 Å². The Balaban J connectivity index is 1.83. The average Bonchev–Trinajstić information content (AvgIpc) is 3.24. The van der Waals surface area contributed by atoms with E-state index in [0.717, 1.165) is 30.0 Å². The summed E-state index contributed by atoms with van der Waals surface area (Å²) in [5.41, 5.74) is 3.10. The lowest BCUT2D eigenvalue weighted by Crippen LogP contribution is -2.48. The summed E-state index contributed by atoms with van der Waals surface area (Å²) in [4.78, 5) is 44.3. The van der Waals surface area contributed by atoms with E-state index in [0.29, 0.717) is 30.0 Å². The van der Waals surface area contributed by atoms with Gasteiger partial charge in [-0.25, -0.2) is 4.98 Å². The maximum absolute atomic E-state index is 12.0.